The Labute approximate surface area is 112 Å². The van der Waals surface area contributed by atoms with E-state index in [0.29, 0.717) is 18.2 Å². The van der Waals surface area contributed by atoms with E-state index in [4.69, 9.17) is 0 Å². The van der Waals surface area contributed by atoms with Gasteiger partial charge in [-0.1, -0.05) is 6.92 Å². The molecule has 0 fully saturated rings. The fourth-order valence-electron chi connectivity index (χ4n) is 1.76. The molecule has 0 N–H and O–H groups in total. The summed E-state index contributed by atoms with van der Waals surface area (Å²) < 4.78 is 55.9. The van der Waals surface area contributed by atoms with Gasteiger partial charge in [0, 0.05) is 5.56 Å². The minimum Gasteiger partial charge on any atom is -0.468 e. The van der Waals surface area contributed by atoms with Gasteiger partial charge in [0.1, 0.15) is 11.7 Å². The first kappa shape index (κ1) is 16.1. The van der Waals surface area contributed by atoms with Crippen LogP contribution in [-0.2, 0) is 15.7 Å². The van der Waals surface area contributed by atoms with Gasteiger partial charge in [0.25, 0.3) is 0 Å². The van der Waals surface area contributed by atoms with Crippen molar-refractivity contribution in [3.63, 3.8) is 0 Å². The molecule has 1 aromatic carbocycles. The van der Waals surface area contributed by atoms with E-state index in [-0.39, 0.29) is 6.42 Å². The predicted molar refractivity (Wildman–Crippen MR) is 61.5 cm³/mol. The number of Topliss-reactive ketones (excluding diaryl/α,β-unsaturated/α-hetero) is 1. The van der Waals surface area contributed by atoms with Crippen molar-refractivity contribution in [2.75, 3.05) is 7.11 Å². The maximum atomic E-state index is 13.1. The third-order valence-electron chi connectivity index (χ3n) is 2.76. The van der Waals surface area contributed by atoms with Crippen molar-refractivity contribution in [2.45, 2.75) is 19.5 Å². The zero-order valence-electron chi connectivity index (χ0n) is 10.8. The number of ketones is 1. The van der Waals surface area contributed by atoms with Gasteiger partial charge in [-0.2, -0.15) is 13.2 Å². The normalized spacial score (nSPS) is 12.9. The largest absolute Gasteiger partial charge is 0.468 e. The van der Waals surface area contributed by atoms with Gasteiger partial charge < -0.3 is 4.74 Å². The number of ether oxygens (including phenoxy) is 1. The Bertz CT molecular complexity index is 523. The molecule has 0 aliphatic rings. The van der Waals surface area contributed by atoms with Crippen LogP contribution in [0.15, 0.2) is 18.2 Å². The van der Waals surface area contributed by atoms with E-state index in [9.17, 15) is 27.2 Å². The number of rotatable bonds is 4. The second-order valence-electron chi connectivity index (χ2n) is 4.04. The summed E-state index contributed by atoms with van der Waals surface area (Å²) in [7, 11) is 1.02. The molecule has 20 heavy (non-hydrogen) atoms. The molecule has 1 rings (SSSR count). The van der Waals surface area contributed by atoms with Crippen LogP contribution >= 0.6 is 0 Å². The lowest BCUT2D eigenvalue weighted by Gasteiger charge is -2.16. The van der Waals surface area contributed by atoms with Crippen molar-refractivity contribution in [2.24, 2.45) is 5.92 Å². The van der Waals surface area contributed by atoms with Gasteiger partial charge in [-0.05, 0) is 24.6 Å². The Morgan fingerprint density at radius 2 is 1.90 bits per heavy atom. The number of hydrogen-bond donors (Lipinski definition) is 0. The molecule has 0 bridgehead atoms. The molecule has 0 aromatic heterocycles. The van der Waals surface area contributed by atoms with Crippen LogP contribution in [0.4, 0.5) is 17.6 Å². The van der Waals surface area contributed by atoms with Crippen molar-refractivity contribution >= 4 is 11.8 Å². The summed E-state index contributed by atoms with van der Waals surface area (Å²) in [4.78, 5) is 23.4. The van der Waals surface area contributed by atoms with Crippen LogP contribution in [0.25, 0.3) is 0 Å². The number of alkyl halides is 3. The van der Waals surface area contributed by atoms with Crippen LogP contribution < -0.4 is 0 Å². The molecule has 0 aliphatic heterocycles. The zero-order valence-corrected chi connectivity index (χ0v) is 10.8. The van der Waals surface area contributed by atoms with Gasteiger partial charge in [-0.3, -0.25) is 9.59 Å². The summed E-state index contributed by atoms with van der Waals surface area (Å²) in [6, 6.07) is 1.57. The van der Waals surface area contributed by atoms with E-state index < -0.39 is 40.8 Å². The molecule has 0 aliphatic carbocycles. The fourth-order valence-corrected chi connectivity index (χ4v) is 1.76. The highest BCUT2D eigenvalue weighted by atomic mass is 19.4. The topological polar surface area (TPSA) is 43.4 Å². The molecule has 1 unspecified atom stereocenters. The van der Waals surface area contributed by atoms with Crippen LogP contribution in [0.5, 0.6) is 0 Å². The summed E-state index contributed by atoms with van der Waals surface area (Å²) in [5.41, 5.74) is -2.14. The van der Waals surface area contributed by atoms with Crippen LogP contribution in [0.3, 0.4) is 0 Å². The van der Waals surface area contributed by atoms with E-state index >= 15 is 0 Å². The van der Waals surface area contributed by atoms with Crippen molar-refractivity contribution in [3.05, 3.63) is 35.1 Å². The van der Waals surface area contributed by atoms with E-state index in [2.05, 4.69) is 4.74 Å². The van der Waals surface area contributed by atoms with Crippen molar-refractivity contribution in [1.29, 1.82) is 0 Å². The molecule has 110 valence electrons. The maximum absolute atomic E-state index is 13.1. The second-order valence-corrected chi connectivity index (χ2v) is 4.04. The number of benzene rings is 1. The van der Waals surface area contributed by atoms with Crippen molar-refractivity contribution in [1.82, 2.24) is 0 Å². The van der Waals surface area contributed by atoms with Crippen LogP contribution in [0, 0.1) is 11.7 Å². The molecule has 1 aromatic rings. The maximum Gasteiger partial charge on any atom is 0.417 e. The molecular formula is C13H12F4O3. The van der Waals surface area contributed by atoms with Crippen LogP contribution in [-0.4, -0.2) is 18.9 Å². The fraction of sp³-hybridized carbons (Fsp3) is 0.385. The minimum atomic E-state index is -4.81. The lowest BCUT2D eigenvalue weighted by atomic mass is 9.92. The SMILES string of the molecule is CCC(C(=O)OC)C(=O)c1cc(F)ccc1C(F)(F)F. The summed E-state index contributed by atoms with van der Waals surface area (Å²) in [5, 5.41) is 0. The number of hydrogen-bond acceptors (Lipinski definition) is 3. The number of methoxy groups -OCH3 is 1. The molecule has 0 amide bonds. The standard InChI is InChI=1S/C13H12F4O3/c1-3-8(12(19)20-2)11(18)9-6-7(14)4-5-10(9)13(15,16)17/h4-6,8H,3H2,1-2H3. The highest BCUT2D eigenvalue weighted by Gasteiger charge is 2.38. The molecule has 0 radical (unpaired) electrons. The van der Waals surface area contributed by atoms with E-state index in [0.717, 1.165) is 7.11 Å². The summed E-state index contributed by atoms with van der Waals surface area (Å²) in [6.45, 7) is 1.45. The van der Waals surface area contributed by atoms with Gasteiger partial charge in [0.2, 0.25) is 0 Å². The lowest BCUT2D eigenvalue weighted by Crippen LogP contribution is -2.27. The molecular weight excluding hydrogens is 280 g/mol. The number of halogens is 4. The first-order valence-electron chi connectivity index (χ1n) is 5.71. The lowest BCUT2D eigenvalue weighted by molar-refractivity contribution is -0.144. The molecule has 0 saturated heterocycles. The summed E-state index contributed by atoms with van der Waals surface area (Å²) in [6.07, 6.45) is -4.85. The predicted octanol–water partition coefficient (Wildman–Crippen LogP) is 3.23. The first-order chi connectivity index (χ1) is 9.22. The molecule has 7 heteroatoms. The molecule has 3 nitrogen and oxygen atoms in total. The number of carbonyl (C=O) groups excluding carboxylic acids is 2. The van der Waals surface area contributed by atoms with Crippen LogP contribution in [0.2, 0.25) is 0 Å². The highest BCUT2D eigenvalue weighted by molar-refractivity contribution is 6.09. The third kappa shape index (κ3) is 3.34. The quantitative estimate of drug-likeness (QED) is 0.370. The third-order valence-corrected chi connectivity index (χ3v) is 2.76. The Morgan fingerprint density at radius 1 is 1.30 bits per heavy atom. The second kappa shape index (κ2) is 6.02. The summed E-state index contributed by atoms with van der Waals surface area (Å²) >= 11 is 0. The smallest absolute Gasteiger partial charge is 0.417 e. The first-order valence-corrected chi connectivity index (χ1v) is 5.71. The van der Waals surface area contributed by atoms with Gasteiger partial charge in [-0.15, -0.1) is 0 Å². The molecule has 0 saturated carbocycles. The van der Waals surface area contributed by atoms with Gasteiger partial charge in [-0.25, -0.2) is 4.39 Å². The number of esters is 1. The van der Waals surface area contributed by atoms with Crippen LogP contribution in [0.1, 0.15) is 29.3 Å². The Hall–Kier alpha value is -1.92. The molecule has 1 atom stereocenters. The van der Waals surface area contributed by atoms with E-state index in [1.165, 1.54) is 6.92 Å². The number of carbonyl (C=O) groups is 2. The Balaban J connectivity index is 3.34. The molecule has 0 spiro atoms. The van der Waals surface area contributed by atoms with Gasteiger partial charge in [0.15, 0.2) is 5.78 Å². The van der Waals surface area contributed by atoms with Crippen molar-refractivity contribution in [3.8, 4) is 0 Å². The van der Waals surface area contributed by atoms with Crippen molar-refractivity contribution < 1.29 is 31.9 Å². The van der Waals surface area contributed by atoms with Gasteiger partial charge in [0.05, 0.1) is 12.7 Å². The average Bonchev–Trinajstić information content (AvgIpc) is 2.37. The Kier molecular flexibility index (Phi) is 4.86. The molecule has 0 heterocycles. The zero-order chi connectivity index (χ0) is 15.5. The average molecular weight is 292 g/mol. The van der Waals surface area contributed by atoms with E-state index in [1.807, 2.05) is 0 Å². The monoisotopic (exact) mass is 292 g/mol. The Morgan fingerprint density at radius 3 is 2.35 bits per heavy atom. The van der Waals surface area contributed by atoms with E-state index in [1.54, 1.807) is 0 Å². The summed E-state index contributed by atoms with van der Waals surface area (Å²) in [5.74, 6) is -4.43. The highest BCUT2D eigenvalue weighted by Crippen LogP contribution is 2.33. The minimum absolute atomic E-state index is 0.0423. The van der Waals surface area contributed by atoms with Gasteiger partial charge >= 0.3 is 12.1 Å².